The van der Waals surface area contributed by atoms with Gasteiger partial charge in [-0.15, -0.1) is 13.2 Å². The van der Waals surface area contributed by atoms with Gasteiger partial charge in [-0.05, 0) is 24.3 Å². The number of hydrogen-bond acceptors (Lipinski definition) is 4. The zero-order valence-corrected chi connectivity index (χ0v) is 12.9. The molecule has 0 radical (unpaired) electrons. The van der Waals surface area contributed by atoms with Crippen LogP contribution in [0.25, 0.3) is 0 Å². The molecule has 116 valence electrons. The fourth-order valence-corrected chi connectivity index (χ4v) is 1.96. The molecule has 0 bridgehead atoms. The van der Waals surface area contributed by atoms with E-state index in [1.54, 1.807) is 19.0 Å². The lowest BCUT2D eigenvalue weighted by Crippen LogP contribution is -2.20. The van der Waals surface area contributed by atoms with Crippen LogP contribution in [-0.4, -0.2) is 41.3 Å². The molecular formula is C12H13F3N2O2S2. The Balaban J connectivity index is 2.48. The molecule has 1 amide bonds. The standard InChI is InChI=1S/C12H13F3N2O2S2/c1-17(2)11(20)21-7-10(18)16-8-3-5-9(6-4-8)19-12(13,14)15/h3-6H,7H2,1-2H3,(H,16,18). The molecule has 0 unspecified atom stereocenters. The first-order chi connectivity index (χ1) is 9.67. The van der Waals surface area contributed by atoms with Crippen LogP contribution in [0.3, 0.4) is 0 Å². The smallest absolute Gasteiger partial charge is 0.406 e. The van der Waals surface area contributed by atoms with E-state index in [0.29, 0.717) is 10.0 Å². The summed E-state index contributed by atoms with van der Waals surface area (Å²) in [4.78, 5) is 13.3. The van der Waals surface area contributed by atoms with Gasteiger partial charge in [0, 0.05) is 19.8 Å². The Hall–Kier alpha value is -1.48. The summed E-state index contributed by atoms with van der Waals surface area (Å²) in [5, 5.41) is 2.55. The molecule has 0 atom stereocenters. The van der Waals surface area contributed by atoms with Gasteiger partial charge in [0.2, 0.25) is 5.91 Å². The maximum atomic E-state index is 12.0. The fourth-order valence-electron chi connectivity index (χ4n) is 1.19. The number of alkyl halides is 3. The fraction of sp³-hybridized carbons (Fsp3) is 0.333. The monoisotopic (exact) mass is 338 g/mol. The second-order valence-electron chi connectivity index (χ2n) is 4.07. The highest BCUT2D eigenvalue weighted by molar-refractivity contribution is 8.23. The average Bonchev–Trinajstić information content (AvgIpc) is 2.36. The Morgan fingerprint density at radius 1 is 1.33 bits per heavy atom. The molecule has 0 aliphatic heterocycles. The first-order valence-electron chi connectivity index (χ1n) is 5.67. The van der Waals surface area contributed by atoms with E-state index in [2.05, 4.69) is 10.1 Å². The van der Waals surface area contributed by atoms with Crippen molar-refractivity contribution in [2.75, 3.05) is 25.2 Å². The quantitative estimate of drug-likeness (QED) is 0.855. The Bertz CT molecular complexity index is 504. The Labute approximate surface area is 129 Å². The molecule has 0 saturated carbocycles. The van der Waals surface area contributed by atoms with Crippen molar-refractivity contribution >= 4 is 39.9 Å². The summed E-state index contributed by atoms with van der Waals surface area (Å²) in [5.74, 6) is -0.519. The molecule has 1 aromatic carbocycles. The number of amides is 1. The Morgan fingerprint density at radius 3 is 2.38 bits per heavy atom. The van der Waals surface area contributed by atoms with Gasteiger partial charge in [0.1, 0.15) is 10.1 Å². The number of nitrogens with zero attached hydrogens (tertiary/aromatic N) is 1. The molecule has 1 rings (SSSR count). The second kappa shape index (κ2) is 7.51. The maximum Gasteiger partial charge on any atom is 0.573 e. The first-order valence-corrected chi connectivity index (χ1v) is 7.06. The van der Waals surface area contributed by atoms with Crippen LogP contribution in [0.15, 0.2) is 24.3 Å². The molecule has 21 heavy (non-hydrogen) atoms. The van der Waals surface area contributed by atoms with Crippen LogP contribution < -0.4 is 10.1 Å². The van der Waals surface area contributed by atoms with Crippen LogP contribution in [0, 0.1) is 0 Å². The van der Waals surface area contributed by atoms with Gasteiger partial charge in [-0.3, -0.25) is 4.79 Å². The van der Waals surface area contributed by atoms with E-state index < -0.39 is 6.36 Å². The van der Waals surface area contributed by atoms with Gasteiger partial charge in [0.15, 0.2) is 0 Å². The number of ether oxygens (including phenoxy) is 1. The van der Waals surface area contributed by atoms with Crippen molar-refractivity contribution in [1.29, 1.82) is 0 Å². The predicted octanol–water partition coefficient (Wildman–Crippen LogP) is 3.10. The molecule has 1 aromatic rings. The van der Waals surface area contributed by atoms with E-state index in [1.807, 2.05) is 0 Å². The average molecular weight is 338 g/mol. The SMILES string of the molecule is CN(C)C(=S)SCC(=O)Nc1ccc(OC(F)(F)F)cc1. The minimum atomic E-state index is -4.73. The zero-order chi connectivity index (χ0) is 16.0. The number of halogens is 3. The zero-order valence-electron chi connectivity index (χ0n) is 11.2. The number of carbonyl (C=O) groups excluding carboxylic acids is 1. The van der Waals surface area contributed by atoms with Crippen LogP contribution in [0.1, 0.15) is 0 Å². The van der Waals surface area contributed by atoms with E-state index in [1.165, 1.54) is 23.9 Å². The lowest BCUT2D eigenvalue weighted by molar-refractivity contribution is -0.274. The third-order valence-corrected chi connectivity index (χ3v) is 3.80. The number of anilines is 1. The van der Waals surface area contributed by atoms with Gasteiger partial charge in [-0.1, -0.05) is 24.0 Å². The highest BCUT2D eigenvalue weighted by Gasteiger charge is 2.30. The van der Waals surface area contributed by atoms with Gasteiger partial charge >= 0.3 is 6.36 Å². The van der Waals surface area contributed by atoms with E-state index >= 15 is 0 Å². The molecule has 4 nitrogen and oxygen atoms in total. The van der Waals surface area contributed by atoms with E-state index in [9.17, 15) is 18.0 Å². The maximum absolute atomic E-state index is 12.0. The van der Waals surface area contributed by atoms with Crippen LogP contribution in [0.5, 0.6) is 5.75 Å². The van der Waals surface area contributed by atoms with Gasteiger partial charge in [-0.2, -0.15) is 0 Å². The Morgan fingerprint density at radius 2 is 1.90 bits per heavy atom. The molecule has 0 aromatic heterocycles. The lowest BCUT2D eigenvalue weighted by atomic mass is 10.3. The lowest BCUT2D eigenvalue weighted by Gasteiger charge is -2.12. The first kappa shape index (κ1) is 17.6. The molecule has 0 aliphatic rings. The van der Waals surface area contributed by atoms with Crippen LogP contribution in [0.2, 0.25) is 0 Å². The molecule has 1 N–H and O–H groups in total. The Kier molecular flexibility index (Phi) is 6.28. The van der Waals surface area contributed by atoms with E-state index in [0.717, 1.165) is 12.1 Å². The summed E-state index contributed by atoms with van der Waals surface area (Å²) in [5.41, 5.74) is 0.380. The summed E-state index contributed by atoms with van der Waals surface area (Å²) in [7, 11) is 3.54. The molecule has 0 aliphatic carbocycles. The van der Waals surface area contributed by atoms with Gasteiger partial charge in [0.05, 0.1) is 5.75 Å². The van der Waals surface area contributed by atoms with Crippen molar-refractivity contribution in [3.8, 4) is 5.75 Å². The predicted molar refractivity (Wildman–Crippen MR) is 80.5 cm³/mol. The van der Waals surface area contributed by atoms with Crippen LogP contribution in [0.4, 0.5) is 18.9 Å². The molecule has 0 spiro atoms. The summed E-state index contributed by atoms with van der Waals surface area (Å²) >= 11 is 6.21. The van der Waals surface area contributed by atoms with Crippen LogP contribution >= 0.6 is 24.0 Å². The molecule has 0 heterocycles. The van der Waals surface area contributed by atoms with Gasteiger partial charge in [0.25, 0.3) is 0 Å². The van der Waals surface area contributed by atoms with Crippen LogP contribution in [-0.2, 0) is 4.79 Å². The van der Waals surface area contributed by atoms with Crippen molar-refractivity contribution in [3.05, 3.63) is 24.3 Å². The number of hydrogen-bond donors (Lipinski definition) is 1. The highest BCUT2D eigenvalue weighted by atomic mass is 32.2. The van der Waals surface area contributed by atoms with Crippen molar-refractivity contribution < 1.29 is 22.7 Å². The second-order valence-corrected chi connectivity index (χ2v) is 5.68. The number of carbonyl (C=O) groups is 1. The number of nitrogens with one attached hydrogen (secondary N) is 1. The number of thioether (sulfide) groups is 1. The summed E-state index contributed by atoms with van der Waals surface area (Å²) < 4.78 is 40.2. The minimum absolute atomic E-state index is 0.123. The third kappa shape index (κ3) is 7.19. The minimum Gasteiger partial charge on any atom is -0.406 e. The topological polar surface area (TPSA) is 41.6 Å². The van der Waals surface area contributed by atoms with Crippen molar-refractivity contribution in [3.63, 3.8) is 0 Å². The van der Waals surface area contributed by atoms with Gasteiger partial charge in [-0.25, -0.2) is 0 Å². The summed E-state index contributed by atoms with van der Waals surface area (Å²) in [6.45, 7) is 0. The summed E-state index contributed by atoms with van der Waals surface area (Å²) in [6, 6.07) is 4.91. The number of benzene rings is 1. The van der Waals surface area contributed by atoms with Gasteiger partial charge < -0.3 is 15.0 Å². The summed E-state index contributed by atoms with van der Waals surface area (Å²) in [6.07, 6.45) is -4.73. The molecule has 0 saturated heterocycles. The van der Waals surface area contributed by atoms with Crippen molar-refractivity contribution in [2.45, 2.75) is 6.36 Å². The van der Waals surface area contributed by atoms with Crippen molar-refractivity contribution in [2.24, 2.45) is 0 Å². The highest BCUT2D eigenvalue weighted by Crippen LogP contribution is 2.24. The van der Waals surface area contributed by atoms with E-state index in [4.69, 9.17) is 12.2 Å². The molecule has 0 fully saturated rings. The van der Waals surface area contributed by atoms with E-state index in [-0.39, 0.29) is 17.4 Å². The molecule has 9 heteroatoms. The largest absolute Gasteiger partial charge is 0.573 e. The normalized spacial score (nSPS) is 10.9. The number of rotatable bonds is 4. The van der Waals surface area contributed by atoms with Crippen molar-refractivity contribution in [1.82, 2.24) is 4.90 Å². The number of thiocarbonyl (C=S) groups is 1. The third-order valence-electron chi connectivity index (χ3n) is 2.06. The molecular weight excluding hydrogens is 325 g/mol.